The van der Waals surface area contributed by atoms with E-state index in [1.807, 2.05) is 43.3 Å². The SMILES string of the molecule is COc1cc(OC)c([N+](=O)[O-])cc1CNC1CCC(Nc2nc(N(C)C)c3ccccc3n2)CC1. The molecule has 2 aromatic carbocycles. The van der Waals surface area contributed by atoms with Gasteiger partial charge in [0.15, 0.2) is 0 Å². The highest BCUT2D eigenvalue weighted by atomic mass is 16.6. The fraction of sp³-hybridized carbons (Fsp3) is 0.440. The summed E-state index contributed by atoms with van der Waals surface area (Å²) < 4.78 is 10.6. The van der Waals surface area contributed by atoms with E-state index in [4.69, 9.17) is 19.4 Å². The van der Waals surface area contributed by atoms with E-state index in [1.165, 1.54) is 13.2 Å². The molecule has 1 aliphatic rings. The van der Waals surface area contributed by atoms with Gasteiger partial charge in [-0.2, -0.15) is 4.98 Å². The van der Waals surface area contributed by atoms with Crippen LogP contribution in [0.3, 0.4) is 0 Å². The van der Waals surface area contributed by atoms with Crippen molar-refractivity contribution >= 4 is 28.4 Å². The molecule has 0 amide bonds. The van der Waals surface area contributed by atoms with Gasteiger partial charge in [0.25, 0.3) is 0 Å². The molecule has 10 heteroatoms. The van der Waals surface area contributed by atoms with E-state index < -0.39 is 4.92 Å². The van der Waals surface area contributed by atoms with E-state index >= 15 is 0 Å². The third-order valence-electron chi connectivity index (χ3n) is 6.43. The zero-order chi connectivity index (χ0) is 24.9. The van der Waals surface area contributed by atoms with Gasteiger partial charge in [-0.15, -0.1) is 0 Å². The van der Waals surface area contributed by atoms with Crippen LogP contribution in [0.15, 0.2) is 36.4 Å². The van der Waals surface area contributed by atoms with E-state index in [2.05, 4.69) is 10.6 Å². The summed E-state index contributed by atoms with van der Waals surface area (Å²) in [6.07, 6.45) is 3.91. The van der Waals surface area contributed by atoms with Crippen LogP contribution in [-0.4, -0.2) is 55.3 Å². The first-order chi connectivity index (χ1) is 16.9. The second-order valence-corrected chi connectivity index (χ2v) is 8.95. The quantitative estimate of drug-likeness (QED) is 0.344. The maximum Gasteiger partial charge on any atom is 0.311 e. The number of nitro benzene ring substituents is 1. The summed E-state index contributed by atoms with van der Waals surface area (Å²) in [7, 11) is 6.94. The van der Waals surface area contributed by atoms with Crippen LogP contribution >= 0.6 is 0 Å². The van der Waals surface area contributed by atoms with Gasteiger partial charge < -0.3 is 25.0 Å². The molecule has 0 spiro atoms. The van der Waals surface area contributed by atoms with Gasteiger partial charge in [0.1, 0.15) is 11.6 Å². The number of nitrogens with zero attached hydrogens (tertiary/aromatic N) is 4. The van der Waals surface area contributed by atoms with E-state index in [1.54, 1.807) is 13.2 Å². The fourth-order valence-electron chi connectivity index (χ4n) is 4.57. The summed E-state index contributed by atoms with van der Waals surface area (Å²) in [5.41, 5.74) is 1.60. The number of anilines is 2. The molecule has 0 bridgehead atoms. The zero-order valence-corrected chi connectivity index (χ0v) is 20.6. The van der Waals surface area contributed by atoms with E-state index in [0.29, 0.717) is 30.3 Å². The third-order valence-corrected chi connectivity index (χ3v) is 6.43. The van der Waals surface area contributed by atoms with Crippen molar-refractivity contribution in [3.63, 3.8) is 0 Å². The van der Waals surface area contributed by atoms with Gasteiger partial charge in [-0.05, 0) is 37.8 Å². The molecule has 3 aromatic rings. The Morgan fingerprint density at radius 3 is 2.37 bits per heavy atom. The normalized spacial score (nSPS) is 17.7. The Labute approximate surface area is 204 Å². The molecular formula is C25H32N6O4. The van der Waals surface area contributed by atoms with Crippen molar-refractivity contribution in [2.75, 3.05) is 38.5 Å². The maximum atomic E-state index is 11.4. The summed E-state index contributed by atoms with van der Waals surface area (Å²) in [5, 5.41) is 19.5. The summed E-state index contributed by atoms with van der Waals surface area (Å²) in [6.45, 7) is 0.483. The lowest BCUT2D eigenvalue weighted by atomic mass is 9.91. The number of rotatable bonds is 9. The highest BCUT2D eigenvalue weighted by Crippen LogP contribution is 2.35. The first-order valence-electron chi connectivity index (χ1n) is 11.7. The molecule has 0 atom stereocenters. The van der Waals surface area contributed by atoms with Gasteiger partial charge in [-0.1, -0.05) is 12.1 Å². The largest absolute Gasteiger partial charge is 0.496 e. The van der Waals surface area contributed by atoms with Gasteiger partial charge in [-0.3, -0.25) is 10.1 Å². The molecule has 1 aromatic heterocycles. The molecule has 1 heterocycles. The second-order valence-electron chi connectivity index (χ2n) is 8.95. The van der Waals surface area contributed by atoms with Crippen molar-refractivity contribution in [1.29, 1.82) is 0 Å². The van der Waals surface area contributed by atoms with Crippen LogP contribution in [0.1, 0.15) is 31.2 Å². The summed E-state index contributed by atoms with van der Waals surface area (Å²) in [4.78, 5) is 22.4. The monoisotopic (exact) mass is 480 g/mol. The molecule has 0 saturated heterocycles. The van der Waals surface area contributed by atoms with Crippen LogP contribution in [0.5, 0.6) is 11.5 Å². The van der Waals surface area contributed by atoms with Crippen LogP contribution in [0.2, 0.25) is 0 Å². The van der Waals surface area contributed by atoms with Crippen molar-refractivity contribution in [3.05, 3.63) is 52.1 Å². The summed E-state index contributed by atoms with van der Waals surface area (Å²) in [5.74, 6) is 2.31. The predicted molar refractivity (Wildman–Crippen MR) is 137 cm³/mol. The Morgan fingerprint density at radius 1 is 1.03 bits per heavy atom. The van der Waals surface area contributed by atoms with E-state index in [0.717, 1.165) is 48.0 Å². The smallest absolute Gasteiger partial charge is 0.311 e. The topological polar surface area (TPSA) is 115 Å². The molecule has 4 rings (SSSR count). The molecule has 10 nitrogen and oxygen atoms in total. The van der Waals surface area contributed by atoms with Crippen LogP contribution in [0.4, 0.5) is 17.5 Å². The lowest BCUT2D eigenvalue weighted by Crippen LogP contribution is -2.37. The average molecular weight is 481 g/mol. The highest BCUT2D eigenvalue weighted by Gasteiger charge is 2.24. The Bertz CT molecular complexity index is 1190. The fourth-order valence-corrected chi connectivity index (χ4v) is 4.57. The number of methoxy groups -OCH3 is 2. The molecule has 1 saturated carbocycles. The Kier molecular flexibility index (Phi) is 7.50. The number of nitrogens with one attached hydrogen (secondary N) is 2. The minimum absolute atomic E-state index is 0.0644. The standard InChI is InChI=1S/C25H32N6O4/c1-30(2)24-19-7-5-6-8-20(19)28-25(29-24)27-18-11-9-17(10-12-18)26-15-16-13-21(31(32)33)23(35-4)14-22(16)34-3/h5-8,13-14,17-18,26H,9-12,15H2,1-4H3,(H,27,28,29). The van der Waals surface area contributed by atoms with Crippen molar-refractivity contribution in [2.45, 2.75) is 44.3 Å². The van der Waals surface area contributed by atoms with Crippen LogP contribution in [0, 0.1) is 10.1 Å². The van der Waals surface area contributed by atoms with Crippen LogP contribution < -0.4 is 25.0 Å². The van der Waals surface area contributed by atoms with Crippen molar-refractivity contribution in [3.8, 4) is 11.5 Å². The third kappa shape index (κ3) is 5.54. The number of ether oxygens (including phenoxy) is 2. The van der Waals surface area contributed by atoms with E-state index in [-0.39, 0.29) is 11.4 Å². The Hall–Kier alpha value is -3.66. The molecule has 2 N–H and O–H groups in total. The van der Waals surface area contributed by atoms with Crippen molar-refractivity contribution in [1.82, 2.24) is 15.3 Å². The van der Waals surface area contributed by atoms with Crippen molar-refractivity contribution < 1.29 is 14.4 Å². The Morgan fingerprint density at radius 2 is 1.71 bits per heavy atom. The second kappa shape index (κ2) is 10.7. The minimum atomic E-state index is -0.435. The zero-order valence-electron chi connectivity index (χ0n) is 20.6. The van der Waals surface area contributed by atoms with Crippen molar-refractivity contribution in [2.24, 2.45) is 0 Å². The van der Waals surface area contributed by atoms with Crippen LogP contribution in [0.25, 0.3) is 10.9 Å². The molecular weight excluding hydrogens is 448 g/mol. The summed E-state index contributed by atoms with van der Waals surface area (Å²) in [6, 6.07) is 11.7. The average Bonchev–Trinajstić information content (AvgIpc) is 2.87. The highest BCUT2D eigenvalue weighted by molar-refractivity contribution is 5.90. The first-order valence-corrected chi connectivity index (χ1v) is 11.7. The molecule has 0 unspecified atom stereocenters. The molecule has 186 valence electrons. The van der Waals surface area contributed by atoms with E-state index in [9.17, 15) is 10.1 Å². The number of aromatic nitrogens is 2. The number of para-hydroxylation sites is 1. The number of hydrogen-bond acceptors (Lipinski definition) is 9. The first kappa shape index (κ1) is 24.5. The predicted octanol–water partition coefficient (Wildman–Crippen LogP) is 4.13. The molecule has 1 aliphatic carbocycles. The number of fused-ring (bicyclic) bond motifs is 1. The minimum Gasteiger partial charge on any atom is -0.496 e. The molecule has 0 radical (unpaired) electrons. The molecule has 0 aliphatic heterocycles. The van der Waals surface area contributed by atoms with Gasteiger partial charge in [0, 0.05) is 55.8 Å². The van der Waals surface area contributed by atoms with Gasteiger partial charge in [0.05, 0.1) is 24.7 Å². The lowest BCUT2D eigenvalue weighted by molar-refractivity contribution is -0.385. The number of hydrogen-bond donors (Lipinski definition) is 2. The number of benzene rings is 2. The molecule has 1 fully saturated rings. The number of nitro groups is 1. The molecule has 35 heavy (non-hydrogen) atoms. The maximum absolute atomic E-state index is 11.4. The Balaban J connectivity index is 1.37. The van der Waals surface area contributed by atoms with Crippen LogP contribution in [-0.2, 0) is 6.54 Å². The lowest BCUT2D eigenvalue weighted by Gasteiger charge is -2.30. The summed E-state index contributed by atoms with van der Waals surface area (Å²) >= 11 is 0. The van der Waals surface area contributed by atoms with Gasteiger partial charge in [0.2, 0.25) is 11.7 Å². The van der Waals surface area contributed by atoms with Gasteiger partial charge >= 0.3 is 5.69 Å². The van der Waals surface area contributed by atoms with Gasteiger partial charge in [-0.25, -0.2) is 4.98 Å².